The number of H-pyrrole nitrogens is 1. The van der Waals surface area contributed by atoms with Gasteiger partial charge in [0.1, 0.15) is 11.6 Å². The second-order valence-corrected chi connectivity index (χ2v) is 5.07. The van der Waals surface area contributed by atoms with E-state index >= 15 is 0 Å². The molecule has 1 amide bonds. The highest BCUT2D eigenvalue weighted by atomic mass is 16.5. The van der Waals surface area contributed by atoms with Gasteiger partial charge in [-0.1, -0.05) is 18.0 Å². The van der Waals surface area contributed by atoms with Gasteiger partial charge in [-0.2, -0.15) is 5.10 Å². The Morgan fingerprint density at radius 1 is 1.52 bits per heavy atom. The molecule has 0 unspecified atom stereocenters. The average Bonchev–Trinajstić information content (AvgIpc) is 3.15. The summed E-state index contributed by atoms with van der Waals surface area (Å²) in [7, 11) is 0. The van der Waals surface area contributed by atoms with Gasteiger partial charge in [0.05, 0.1) is 24.4 Å². The topological polar surface area (TPSA) is 104 Å². The Morgan fingerprint density at radius 3 is 2.76 bits per heavy atom. The van der Waals surface area contributed by atoms with Crippen molar-refractivity contribution in [1.82, 2.24) is 15.4 Å². The van der Waals surface area contributed by atoms with E-state index in [9.17, 15) is 4.79 Å². The van der Waals surface area contributed by atoms with E-state index in [1.807, 2.05) is 0 Å². The lowest BCUT2D eigenvalue weighted by Crippen LogP contribution is -2.14. The van der Waals surface area contributed by atoms with Crippen LogP contribution in [-0.2, 0) is 11.2 Å². The van der Waals surface area contributed by atoms with Crippen molar-refractivity contribution >= 4 is 11.7 Å². The van der Waals surface area contributed by atoms with E-state index in [1.54, 1.807) is 25.3 Å². The molecule has 2 aromatic rings. The molecule has 3 rings (SSSR count). The van der Waals surface area contributed by atoms with Crippen LogP contribution in [0.25, 0.3) is 0 Å². The van der Waals surface area contributed by atoms with Crippen LogP contribution in [0.1, 0.15) is 37.1 Å². The summed E-state index contributed by atoms with van der Waals surface area (Å²) >= 11 is 0. The van der Waals surface area contributed by atoms with Gasteiger partial charge >= 0.3 is 0 Å². The summed E-state index contributed by atoms with van der Waals surface area (Å²) in [5.41, 5.74) is 0.763. The minimum absolute atomic E-state index is 0.0463. The summed E-state index contributed by atoms with van der Waals surface area (Å²) < 4.78 is 4.92. The van der Waals surface area contributed by atoms with Gasteiger partial charge in [-0.05, 0) is 19.8 Å². The first kappa shape index (κ1) is 15.2. The summed E-state index contributed by atoms with van der Waals surface area (Å²) in [6.07, 6.45) is 6.33. The van der Waals surface area contributed by atoms with Crippen molar-refractivity contribution in [3.8, 4) is 0 Å². The SMILES string of the molecule is Cc1cc(CC(=O)Nc2ccn[nH]2)on1.OC1CCCC1. The smallest absolute Gasteiger partial charge is 0.233 e. The predicted molar refractivity (Wildman–Crippen MR) is 76.6 cm³/mol. The number of hydrogen-bond acceptors (Lipinski definition) is 5. The maximum Gasteiger partial charge on any atom is 0.233 e. The Kier molecular flexibility index (Phi) is 5.51. The van der Waals surface area contributed by atoms with Gasteiger partial charge in [0.15, 0.2) is 0 Å². The van der Waals surface area contributed by atoms with Crippen LogP contribution in [0.3, 0.4) is 0 Å². The number of aliphatic hydroxyl groups is 1. The highest BCUT2D eigenvalue weighted by molar-refractivity contribution is 5.90. The van der Waals surface area contributed by atoms with E-state index < -0.39 is 0 Å². The molecular formula is C14H20N4O3. The molecule has 2 aromatic heterocycles. The Bertz CT molecular complexity index is 544. The first-order valence-electron chi connectivity index (χ1n) is 7.03. The third-order valence-corrected chi connectivity index (χ3v) is 3.11. The van der Waals surface area contributed by atoms with E-state index in [4.69, 9.17) is 9.63 Å². The van der Waals surface area contributed by atoms with E-state index in [0.717, 1.165) is 18.5 Å². The highest BCUT2D eigenvalue weighted by Crippen LogP contribution is 2.16. The number of hydrogen-bond donors (Lipinski definition) is 3. The van der Waals surface area contributed by atoms with E-state index in [-0.39, 0.29) is 18.4 Å². The first-order chi connectivity index (χ1) is 10.1. The Balaban J connectivity index is 0.000000225. The quantitative estimate of drug-likeness (QED) is 0.800. The molecule has 0 bridgehead atoms. The molecule has 3 N–H and O–H groups in total. The summed E-state index contributed by atoms with van der Waals surface area (Å²) in [6.45, 7) is 1.81. The molecule has 0 aromatic carbocycles. The van der Waals surface area contributed by atoms with Crippen LogP contribution in [-0.4, -0.2) is 32.5 Å². The number of rotatable bonds is 3. The number of nitrogens with one attached hydrogen (secondary N) is 2. The molecule has 21 heavy (non-hydrogen) atoms. The maximum absolute atomic E-state index is 11.4. The van der Waals surface area contributed by atoms with Gasteiger partial charge in [0.25, 0.3) is 0 Å². The van der Waals surface area contributed by atoms with Gasteiger partial charge in [0.2, 0.25) is 5.91 Å². The number of aromatic amines is 1. The van der Waals surface area contributed by atoms with Crippen molar-refractivity contribution < 1.29 is 14.4 Å². The molecule has 7 heteroatoms. The number of aliphatic hydroxyl groups excluding tert-OH is 1. The largest absolute Gasteiger partial charge is 0.393 e. The van der Waals surface area contributed by atoms with Crippen LogP contribution in [0.15, 0.2) is 22.9 Å². The fraction of sp³-hybridized carbons (Fsp3) is 0.500. The third-order valence-electron chi connectivity index (χ3n) is 3.11. The highest BCUT2D eigenvalue weighted by Gasteiger charge is 2.09. The van der Waals surface area contributed by atoms with E-state index in [1.165, 1.54) is 12.8 Å². The average molecular weight is 292 g/mol. The molecule has 1 fully saturated rings. The monoisotopic (exact) mass is 292 g/mol. The van der Waals surface area contributed by atoms with Crippen LogP contribution < -0.4 is 5.32 Å². The van der Waals surface area contributed by atoms with Gasteiger partial charge in [-0.15, -0.1) is 0 Å². The van der Waals surface area contributed by atoms with Crippen molar-refractivity contribution in [2.75, 3.05) is 5.32 Å². The van der Waals surface area contributed by atoms with Crippen molar-refractivity contribution in [1.29, 1.82) is 0 Å². The fourth-order valence-electron chi connectivity index (χ4n) is 2.08. The third kappa shape index (κ3) is 5.39. The lowest BCUT2D eigenvalue weighted by atomic mass is 10.3. The summed E-state index contributed by atoms with van der Waals surface area (Å²) in [6, 6.07) is 3.40. The van der Waals surface area contributed by atoms with Crippen molar-refractivity contribution in [2.24, 2.45) is 0 Å². The lowest BCUT2D eigenvalue weighted by Gasteiger charge is -1.98. The van der Waals surface area contributed by atoms with Crippen molar-refractivity contribution in [2.45, 2.75) is 45.1 Å². The molecule has 0 saturated heterocycles. The molecule has 0 radical (unpaired) electrons. The molecule has 0 spiro atoms. The van der Waals surface area contributed by atoms with Gasteiger partial charge < -0.3 is 14.9 Å². The number of carbonyl (C=O) groups is 1. The zero-order valence-corrected chi connectivity index (χ0v) is 12.0. The molecule has 2 heterocycles. The second-order valence-electron chi connectivity index (χ2n) is 5.07. The predicted octanol–water partition coefficient (Wildman–Crippen LogP) is 1.81. The number of nitrogens with zero attached hydrogens (tertiary/aromatic N) is 2. The molecule has 1 saturated carbocycles. The zero-order chi connectivity index (χ0) is 15.1. The molecule has 114 valence electrons. The molecular weight excluding hydrogens is 272 g/mol. The number of aromatic nitrogens is 3. The number of anilines is 1. The van der Waals surface area contributed by atoms with E-state index in [2.05, 4.69) is 20.7 Å². The zero-order valence-electron chi connectivity index (χ0n) is 12.0. The van der Waals surface area contributed by atoms with Gasteiger partial charge in [0, 0.05) is 12.1 Å². The molecule has 1 aliphatic rings. The van der Waals surface area contributed by atoms with Crippen LogP contribution in [0.4, 0.5) is 5.82 Å². The summed E-state index contributed by atoms with van der Waals surface area (Å²) in [4.78, 5) is 11.4. The van der Waals surface area contributed by atoms with Crippen LogP contribution in [0, 0.1) is 6.92 Å². The molecule has 1 aliphatic carbocycles. The normalized spacial score (nSPS) is 14.6. The Morgan fingerprint density at radius 2 is 2.29 bits per heavy atom. The maximum atomic E-state index is 11.4. The Labute approximate surface area is 122 Å². The second kappa shape index (κ2) is 7.58. The van der Waals surface area contributed by atoms with Crippen LogP contribution in [0.5, 0.6) is 0 Å². The van der Waals surface area contributed by atoms with Crippen molar-refractivity contribution in [3.63, 3.8) is 0 Å². The number of carbonyl (C=O) groups excluding carboxylic acids is 1. The molecule has 0 aliphatic heterocycles. The first-order valence-corrected chi connectivity index (χ1v) is 7.03. The molecule has 0 atom stereocenters. The molecule has 7 nitrogen and oxygen atoms in total. The lowest BCUT2D eigenvalue weighted by molar-refractivity contribution is -0.115. The minimum atomic E-state index is -0.171. The van der Waals surface area contributed by atoms with Crippen molar-refractivity contribution in [3.05, 3.63) is 29.8 Å². The fourth-order valence-corrected chi connectivity index (χ4v) is 2.08. The van der Waals surface area contributed by atoms with Gasteiger partial charge in [-0.3, -0.25) is 9.89 Å². The standard InChI is InChI=1S/C9H10N4O2.C5H10O/c1-6-4-7(15-13-6)5-9(14)11-8-2-3-10-12-8;6-5-3-1-2-4-5/h2-4H,5H2,1H3,(H2,10,11,12,14);5-6H,1-4H2. The number of amides is 1. The van der Waals surface area contributed by atoms with Crippen LogP contribution in [0.2, 0.25) is 0 Å². The summed E-state index contributed by atoms with van der Waals surface area (Å²) in [5, 5.41) is 21.4. The summed E-state index contributed by atoms with van der Waals surface area (Å²) in [5.74, 6) is 0.941. The van der Waals surface area contributed by atoms with Gasteiger partial charge in [-0.25, -0.2) is 0 Å². The van der Waals surface area contributed by atoms with Crippen LogP contribution >= 0.6 is 0 Å². The van der Waals surface area contributed by atoms with E-state index in [0.29, 0.717) is 11.6 Å². The number of aryl methyl sites for hydroxylation is 1. The minimum Gasteiger partial charge on any atom is -0.393 e. The Hall–Kier alpha value is -2.15.